The topological polar surface area (TPSA) is 9.23 Å². The molecule has 1 aromatic rings. The number of halogens is 2. The minimum Gasteiger partial charge on any atom is -0.382 e. The Kier molecular flexibility index (Phi) is 7.10. The summed E-state index contributed by atoms with van der Waals surface area (Å²) in [4.78, 5) is 0. The van der Waals surface area contributed by atoms with Crippen LogP contribution >= 0.6 is 27.5 Å². The predicted octanol–water partition coefficient (Wildman–Crippen LogP) is 4.27. The Morgan fingerprint density at radius 2 is 2.00 bits per heavy atom. The fraction of sp³-hybridized carbons (Fsp3) is 0.538. The maximum absolute atomic E-state index is 5.96. The minimum absolute atomic E-state index is 0.509. The largest absolute Gasteiger partial charge is 0.382 e. The quantitative estimate of drug-likeness (QED) is 0.540. The van der Waals surface area contributed by atoms with Crippen molar-refractivity contribution >= 4 is 27.5 Å². The third-order valence-electron chi connectivity index (χ3n) is 2.53. The molecule has 1 rings (SSSR count). The minimum atomic E-state index is 0.509. The predicted molar refractivity (Wildman–Crippen MR) is 73.2 cm³/mol. The summed E-state index contributed by atoms with van der Waals surface area (Å²) < 4.78 is 6.47. The lowest BCUT2D eigenvalue weighted by Crippen LogP contribution is -2.10. The first-order chi connectivity index (χ1) is 7.76. The zero-order valence-corrected chi connectivity index (χ0v) is 11.9. The molecular weight excluding hydrogens is 287 g/mol. The highest BCUT2D eigenvalue weighted by Crippen LogP contribution is 2.17. The van der Waals surface area contributed by atoms with Gasteiger partial charge in [-0.3, -0.25) is 0 Å². The van der Waals surface area contributed by atoms with Crippen LogP contribution in [0.2, 0.25) is 0 Å². The first-order valence-electron chi connectivity index (χ1n) is 5.64. The molecule has 1 nitrogen and oxygen atoms in total. The van der Waals surface area contributed by atoms with Crippen molar-refractivity contribution in [3.05, 3.63) is 34.3 Å². The van der Waals surface area contributed by atoms with Gasteiger partial charge in [0.15, 0.2) is 0 Å². The molecule has 0 saturated heterocycles. The van der Waals surface area contributed by atoms with E-state index in [0.717, 1.165) is 30.5 Å². The SMILES string of the molecule is CCOCCC(CCl)Cc1ccc(Br)cc1. The van der Waals surface area contributed by atoms with Crippen molar-refractivity contribution in [1.29, 1.82) is 0 Å². The number of rotatable bonds is 7. The van der Waals surface area contributed by atoms with Crippen LogP contribution < -0.4 is 0 Å². The number of hydrogen-bond acceptors (Lipinski definition) is 1. The van der Waals surface area contributed by atoms with Gasteiger partial charge in [-0.2, -0.15) is 0 Å². The Morgan fingerprint density at radius 1 is 1.31 bits per heavy atom. The van der Waals surface area contributed by atoms with Gasteiger partial charge in [0.25, 0.3) is 0 Å². The van der Waals surface area contributed by atoms with E-state index in [1.165, 1.54) is 5.56 Å². The zero-order chi connectivity index (χ0) is 11.8. The van der Waals surface area contributed by atoms with Gasteiger partial charge in [0, 0.05) is 23.6 Å². The summed E-state index contributed by atoms with van der Waals surface area (Å²) in [5.41, 5.74) is 1.34. The molecule has 0 saturated carbocycles. The molecular formula is C13H18BrClO. The van der Waals surface area contributed by atoms with E-state index >= 15 is 0 Å². The van der Waals surface area contributed by atoms with Crippen LogP contribution in [0, 0.1) is 5.92 Å². The molecule has 16 heavy (non-hydrogen) atoms. The second kappa shape index (κ2) is 8.10. The molecule has 0 amide bonds. The molecule has 3 heteroatoms. The Labute approximate surface area is 111 Å². The van der Waals surface area contributed by atoms with Gasteiger partial charge in [0.2, 0.25) is 0 Å². The molecule has 0 aliphatic rings. The Bertz CT molecular complexity index is 286. The van der Waals surface area contributed by atoms with Crippen LogP contribution in [0.1, 0.15) is 18.9 Å². The number of benzene rings is 1. The highest BCUT2D eigenvalue weighted by Gasteiger charge is 2.08. The maximum Gasteiger partial charge on any atom is 0.0469 e. The van der Waals surface area contributed by atoms with Crippen LogP contribution in [0.5, 0.6) is 0 Å². The van der Waals surface area contributed by atoms with E-state index in [4.69, 9.17) is 16.3 Å². The van der Waals surface area contributed by atoms with Gasteiger partial charge in [-0.15, -0.1) is 11.6 Å². The van der Waals surface area contributed by atoms with Crippen molar-refractivity contribution in [2.75, 3.05) is 19.1 Å². The molecule has 0 aromatic heterocycles. The van der Waals surface area contributed by atoms with Crippen molar-refractivity contribution in [2.24, 2.45) is 5.92 Å². The van der Waals surface area contributed by atoms with Crippen LogP contribution in [0.15, 0.2) is 28.7 Å². The second-order valence-electron chi connectivity index (χ2n) is 3.84. The summed E-state index contributed by atoms with van der Waals surface area (Å²) in [6, 6.07) is 8.43. The fourth-order valence-electron chi connectivity index (χ4n) is 1.58. The van der Waals surface area contributed by atoms with Crippen molar-refractivity contribution < 1.29 is 4.74 Å². The third kappa shape index (κ3) is 5.33. The van der Waals surface area contributed by atoms with E-state index in [1.54, 1.807) is 0 Å². The number of ether oxygens (including phenoxy) is 1. The van der Waals surface area contributed by atoms with Gasteiger partial charge in [0.1, 0.15) is 0 Å². The van der Waals surface area contributed by atoms with E-state index in [0.29, 0.717) is 11.8 Å². The lowest BCUT2D eigenvalue weighted by molar-refractivity contribution is 0.134. The monoisotopic (exact) mass is 304 g/mol. The van der Waals surface area contributed by atoms with E-state index in [2.05, 4.69) is 40.2 Å². The van der Waals surface area contributed by atoms with E-state index in [-0.39, 0.29) is 0 Å². The molecule has 0 spiro atoms. The van der Waals surface area contributed by atoms with Gasteiger partial charge in [0.05, 0.1) is 0 Å². The molecule has 0 aliphatic carbocycles. The van der Waals surface area contributed by atoms with Gasteiger partial charge < -0.3 is 4.74 Å². The maximum atomic E-state index is 5.96. The molecule has 90 valence electrons. The highest BCUT2D eigenvalue weighted by atomic mass is 79.9. The van der Waals surface area contributed by atoms with Crippen molar-refractivity contribution in [3.63, 3.8) is 0 Å². The first-order valence-corrected chi connectivity index (χ1v) is 6.97. The average Bonchev–Trinajstić information content (AvgIpc) is 2.31. The van der Waals surface area contributed by atoms with Crippen LogP contribution in [0.3, 0.4) is 0 Å². The highest BCUT2D eigenvalue weighted by molar-refractivity contribution is 9.10. The van der Waals surface area contributed by atoms with Crippen molar-refractivity contribution in [3.8, 4) is 0 Å². The summed E-state index contributed by atoms with van der Waals surface area (Å²) in [5, 5.41) is 0. The van der Waals surface area contributed by atoms with Gasteiger partial charge in [-0.05, 0) is 43.4 Å². The lowest BCUT2D eigenvalue weighted by atomic mass is 9.98. The molecule has 1 atom stereocenters. The average molecular weight is 306 g/mol. The summed E-state index contributed by atoms with van der Waals surface area (Å²) in [5.74, 6) is 1.21. The van der Waals surface area contributed by atoms with Crippen molar-refractivity contribution in [1.82, 2.24) is 0 Å². The summed E-state index contributed by atoms with van der Waals surface area (Å²) in [7, 11) is 0. The molecule has 1 aromatic carbocycles. The van der Waals surface area contributed by atoms with Gasteiger partial charge in [-0.25, -0.2) is 0 Å². The molecule has 0 N–H and O–H groups in total. The molecule has 1 unspecified atom stereocenters. The summed E-state index contributed by atoms with van der Waals surface area (Å²) in [6.45, 7) is 3.61. The van der Waals surface area contributed by atoms with Crippen LogP contribution in [-0.4, -0.2) is 19.1 Å². The molecule has 0 bridgehead atoms. The van der Waals surface area contributed by atoms with Crippen LogP contribution in [-0.2, 0) is 11.2 Å². The third-order valence-corrected chi connectivity index (χ3v) is 3.50. The standard InChI is InChI=1S/C13H18BrClO/c1-2-16-8-7-12(10-15)9-11-3-5-13(14)6-4-11/h3-6,12H,2,7-10H2,1H3. The molecule has 0 heterocycles. The Hall–Kier alpha value is -0.0500. The normalized spacial score (nSPS) is 12.7. The van der Waals surface area contributed by atoms with Crippen LogP contribution in [0.4, 0.5) is 0 Å². The van der Waals surface area contributed by atoms with E-state index < -0.39 is 0 Å². The Balaban J connectivity index is 2.40. The number of hydrogen-bond donors (Lipinski definition) is 0. The fourth-order valence-corrected chi connectivity index (χ4v) is 2.11. The van der Waals surface area contributed by atoms with Gasteiger partial charge in [-0.1, -0.05) is 28.1 Å². The molecule has 0 fully saturated rings. The number of alkyl halides is 1. The summed E-state index contributed by atoms with van der Waals surface area (Å²) in [6.07, 6.45) is 2.07. The zero-order valence-electron chi connectivity index (χ0n) is 9.59. The van der Waals surface area contributed by atoms with Crippen molar-refractivity contribution in [2.45, 2.75) is 19.8 Å². The van der Waals surface area contributed by atoms with Crippen LogP contribution in [0.25, 0.3) is 0 Å². The van der Waals surface area contributed by atoms with E-state index in [1.807, 2.05) is 6.92 Å². The molecule has 0 aliphatic heterocycles. The second-order valence-corrected chi connectivity index (χ2v) is 5.06. The first kappa shape index (κ1) is 14.0. The smallest absolute Gasteiger partial charge is 0.0469 e. The lowest BCUT2D eigenvalue weighted by Gasteiger charge is -2.13. The Morgan fingerprint density at radius 3 is 2.56 bits per heavy atom. The summed E-state index contributed by atoms with van der Waals surface area (Å²) >= 11 is 9.40. The van der Waals surface area contributed by atoms with E-state index in [9.17, 15) is 0 Å². The van der Waals surface area contributed by atoms with Gasteiger partial charge >= 0.3 is 0 Å². The molecule has 0 radical (unpaired) electrons.